The molecule has 0 radical (unpaired) electrons. The number of piperidine rings is 1. The maximum absolute atomic E-state index is 13.2. The van der Waals surface area contributed by atoms with E-state index in [1.165, 1.54) is 0 Å². The van der Waals surface area contributed by atoms with Crippen molar-refractivity contribution in [1.82, 2.24) is 19.8 Å². The summed E-state index contributed by atoms with van der Waals surface area (Å²) in [6, 6.07) is 7.16. The number of hydrogen-bond donors (Lipinski definition) is 1. The number of carbonyl (C=O) groups is 2. The van der Waals surface area contributed by atoms with Crippen LogP contribution in [0.25, 0.3) is 10.9 Å². The van der Waals surface area contributed by atoms with Crippen LogP contribution in [0.4, 0.5) is 0 Å². The number of H-pyrrole nitrogens is 1. The van der Waals surface area contributed by atoms with Gasteiger partial charge in [0, 0.05) is 31.9 Å². The van der Waals surface area contributed by atoms with Crippen LogP contribution in [0.2, 0.25) is 0 Å². The summed E-state index contributed by atoms with van der Waals surface area (Å²) in [5, 5.41) is 0.633. The lowest BCUT2D eigenvalue weighted by molar-refractivity contribution is -0.145. The molecule has 2 fully saturated rings. The molecule has 1 N–H and O–H groups in total. The Balaban J connectivity index is 1.58. The first-order chi connectivity index (χ1) is 13.0. The molecular weight excluding hydrogens is 348 g/mol. The smallest absolute Gasteiger partial charge is 0.346 e. The van der Waals surface area contributed by atoms with Crippen molar-refractivity contribution >= 4 is 22.7 Å². The van der Waals surface area contributed by atoms with Gasteiger partial charge in [-0.3, -0.25) is 9.59 Å². The Morgan fingerprint density at radius 3 is 2.63 bits per heavy atom. The van der Waals surface area contributed by atoms with E-state index in [1.54, 1.807) is 34.9 Å². The van der Waals surface area contributed by atoms with Gasteiger partial charge in [-0.25, -0.2) is 4.79 Å². The Hall–Kier alpha value is -2.74. The number of para-hydroxylation sites is 1. The fourth-order valence-corrected chi connectivity index (χ4v) is 3.97. The second-order valence-corrected chi connectivity index (χ2v) is 7.20. The van der Waals surface area contributed by atoms with Crippen LogP contribution in [0.1, 0.15) is 30.3 Å². The van der Waals surface area contributed by atoms with Crippen molar-refractivity contribution in [2.75, 3.05) is 32.8 Å². The van der Waals surface area contributed by atoms with Gasteiger partial charge in [-0.2, -0.15) is 4.98 Å². The zero-order valence-corrected chi connectivity index (χ0v) is 15.2. The van der Waals surface area contributed by atoms with E-state index in [0.717, 1.165) is 0 Å². The Morgan fingerprint density at radius 2 is 1.89 bits per heavy atom. The van der Waals surface area contributed by atoms with Gasteiger partial charge in [-0.1, -0.05) is 18.2 Å². The summed E-state index contributed by atoms with van der Waals surface area (Å²) in [6.45, 7) is 4.17. The topological polar surface area (TPSA) is 95.6 Å². The van der Waals surface area contributed by atoms with Crippen LogP contribution in [0, 0.1) is 0 Å². The van der Waals surface area contributed by atoms with Crippen molar-refractivity contribution in [2.45, 2.75) is 25.4 Å². The van der Waals surface area contributed by atoms with Crippen LogP contribution >= 0.6 is 0 Å². The fraction of sp³-hybridized carbons (Fsp3) is 0.474. The first-order valence-corrected chi connectivity index (χ1v) is 9.15. The first kappa shape index (κ1) is 17.7. The molecule has 8 heteroatoms. The highest BCUT2D eigenvalue weighted by Gasteiger charge is 2.42. The SMILES string of the molecule is CC(=O)N1CCC2(CC1)CN(C(=O)c1nc(=O)[nH]c3ccccc13)CCO2. The molecule has 2 aromatic rings. The van der Waals surface area contributed by atoms with Gasteiger partial charge in [0.05, 0.1) is 24.3 Å². The highest BCUT2D eigenvalue weighted by molar-refractivity contribution is 6.04. The van der Waals surface area contributed by atoms with E-state index in [-0.39, 0.29) is 17.5 Å². The number of carbonyl (C=O) groups excluding carboxylic acids is 2. The number of aromatic nitrogens is 2. The number of aromatic amines is 1. The van der Waals surface area contributed by atoms with E-state index in [2.05, 4.69) is 9.97 Å². The minimum Gasteiger partial charge on any atom is -0.371 e. The maximum atomic E-state index is 13.2. The molecule has 2 saturated heterocycles. The zero-order valence-electron chi connectivity index (χ0n) is 15.2. The minimum absolute atomic E-state index is 0.0628. The molecule has 1 spiro atoms. The number of hydrogen-bond acceptors (Lipinski definition) is 5. The molecule has 8 nitrogen and oxygen atoms in total. The van der Waals surface area contributed by atoms with E-state index < -0.39 is 11.3 Å². The van der Waals surface area contributed by atoms with E-state index in [4.69, 9.17) is 4.74 Å². The highest BCUT2D eigenvalue weighted by Crippen LogP contribution is 2.31. The van der Waals surface area contributed by atoms with Gasteiger partial charge >= 0.3 is 5.69 Å². The van der Waals surface area contributed by atoms with Gasteiger partial charge < -0.3 is 19.5 Å². The second-order valence-electron chi connectivity index (χ2n) is 7.20. The van der Waals surface area contributed by atoms with Gasteiger partial charge in [0.25, 0.3) is 5.91 Å². The molecule has 3 heterocycles. The molecule has 0 saturated carbocycles. The van der Waals surface area contributed by atoms with Gasteiger partial charge in [0.1, 0.15) is 5.69 Å². The predicted molar refractivity (Wildman–Crippen MR) is 98.4 cm³/mol. The summed E-state index contributed by atoms with van der Waals surface area (Å²) >= 11 is 0. The molecule has 1 aromatic carbocycles. The standard InChI is InChI=1S/C19H22N4O4/c1-13(24)22-8-6-19(7-9-22)12-23(10-11-27-19)17(25)16-14-4-2-3-5-15(14)20-18(26)21-16/h2-5H,6-12H2,1H3,(H,20,21,26). The fourth-order valence-electron chi connectivity index (χ4n) is 3.97. The third-order valence-electron chi connectivity index (χ3n) is 5.50. The zero-order chi connectivity index (χ0) is 19.0. The summed E-state index contributed by atoms with van der Waals surface area (Å²) < 4.78 is 6.04. The second kappa shape index (κ2) is 6.77. The lowest BCUT2D eigenvalue weighted by atomic mass is 9.89. The molecule has 4 rings (SSSR count). The summed E-state index contributed by atoms with van der Waals surface area (Å²) in [5.41, 5.74) is -0.197. The molecule has 0 atom stereocenters. The molecule has 0 aliphatic carbocycles. The maximum Gasteiger partial charge on any atom is 0.346 e. The number of rotatable bonds is 1. The lowest BCUT2D eigenvalue weighted by Gasteiger charge is -2.47. The summed E-state index contributed by atoms with van der Waals surface area (Å²) in [7, 11) is 0. The third-order valence-corrected chi connectivity index (χ3v) is 5.50. The number of amides is 2. The predicted octanol–water partition coefficient (Wildman–Crippen LogP) is 0.777. The molecular formula is C19H22N4O4. The molecule has 2 aliphatic rings. The van der Waals surface area contributed by atoms with E-state index >= 15 is 0 Å². The Bertz CT molecular complexity index is 946. The largest absolute Gasteiger partial charge is 0.371 e. The van der Waals surface area contributed by atoms with Crippen molar-refractivity contribution in [3.05, 3.63) is 40.4 Å². The van der Waals surface area contributed by atoms with Gasteiger partial charge in [0.15, 0.2) is 0 Å². The number of ether oxygens (including phenoxy) is 1. The van der Waals surface area contributed by atoms with E-state index in [1.807, 2.05) is 6.07 Å². The first-order valence-electron chi connectivity index (χ1n) is 9.15. The summed E-state index contributed by atoms with van der Waals surface area (Å²) in [5.74, 6) is -0.193. The van der Waals surface area contributed by atoms with E-state index in [0.29, 0.717) is 56.5 Å². The minimum atomic E-state index is -0.533. The molecule has 142 valence electrons. The average Bonchev–Trinajstić information content (AvgIpc) is 2.67. The van der Waals surface area contributed by atoms with Crippen LogP contribution in [0.3, 0.4) is 0 Å². The van der Waals surface area contributed by atoms with Gasteiger partial charge in [0.2, 0.25) is 5.91 Å². The van der Waals surface area contributed by atoms with Crippen LogP contribution in [-0.4, -0.2) is 70.0 Å². The molecule has 27 heavy (non-hydrogen) atoms. The van der Waals surface area contributed by atoms with Crippen LogP contribution in [0.15, 0.2) is 29.1 Å². The van der Waals surface area contributed by atoms with Crippen molar-refractivity contribution in [1.29, 1.82) is 0 Å². The average molecular weight is 370 g/mol. The van der Waals surface area contributed by atoms with Crippen molar-refractivity contribution in [3.8, 4) is 0 Å². The normalized spacial score (nSPS) is 19.4. The molecule has 0 unspecified atom stereocenters. The quantitative estimate of drug-likeness (QED) is 0.800. The lowest BCUT2D eigenvalue weighted by Crippen LogP contribution is -2.58. The Morgan fingerprint density at radius 1 is 1.15 bits per heavy atom. The van der Waals surface area contributed by atoms with Crippen LogP contribution in [0.5, 0.6) is 0 Å². The van der Waals surface area contributed by atoms with Crippen LogP contribution in [-0.2, 0) is 9.53 Å². The van der Waals surface area contributed by atoms with Crippen LogP contribution < -0.4 is 5.69 Å². The monoisotopic (exact) mass is 370 g/mol. The third kappa shape index (κ3) is 3.32. The summed E-state index contributed by atoms with van der Waals surface area (Å²) in [6.07, 6.45) is 1.39. The Labute approximate surface area is 156 Å². The number of fused-ring (bicyclic) bond motifs is 1. The number of nitrogens with zero attached hydrogens (tertiary/aromatic N) is 3. The number of morpholine rings is 1. The van der Waals surface area contributed by atoms with E-state index in [9.17, 15) is 14.4 Å². The number of likely N-dealkylation sites (tertiary alicyclic amines) is 1. The van der Waals surface area contributed by atoms with Crippen molar-refractivity contribution < 1.29 is 14.3 Å². The molecule has 2 amide bonds. The highest BCUT2D eigenvalue weighted by atomic mass is 16.5. The van der Waals surface area contributed by atoms with Gasteiger partial charge in [-0.15, -0.1) is 0 Å². The van der Waals surface area contributed by atoms with Crippen molar-refractivity contribution in [2.24, 2.45) is 0 Å². The number of benzene rings is 1. The molecule has 2 aliphatic heterocycles. The summed E-state index contributed by atoms with van der Waals surface area (Å²) in [4.78, 5) is 46.7. The molecule has 1 aromatic heterocycles. The Kier molecular flexibility index (Phi) is 4.43. The van der Waals surface area contributed by atoms with Crippen molar-refractivity contribution in [3.63, 3.8) is 0 Å². The van der Waals surface area contributed by atoms with Gasteiger partial charge in [-0.05, 0) is 18.9 Å². The molecule has 0 bridgehead atoms. The number of nitrogens with one attached hydrogen (secondary N) is 1.